The molecule has 0 aromatic heterocycles. The number of carbonyl (C=O) groups excluding carboxylic acids is 2. The first-order valence-corrected chi connectivity index (χ1v) is 6.53. The predicted molar refractivity (Wildman–Crippen MR) is 77.8 cm³/mol. The number of carbonyl (C=O) groups is 2. The minimum atomic E-state index is -0.205. The van der Waals surface area contributed by atoms with Gasteiger partial charge in [0.25, 0.3) is 0 Å². The molecule has 0 radical (unpaired) electrons. The van der Waals surface area contributed by atoms with E-state index in [4.69, 9.17) is 4.74 Å². The molecule has 20 heavy (non-hydrogen) atoms. The molecule has 0 fully saturated rings. The van der Waals surface area contributed by atoms with E-state index in [1.165, 1.54) is 14.0 Å². The molecule has 6 heteroatoms. The van der Waals surface area contributed by atoms with E-state index >= 15 is 0 Å². The Hall–Kier alpha value is -2.24. The third-order valence-electron chi connectivity index (χ3n) is 2.56. The topological polar surface area (TPSA) is 79.5 Å². The standard InChI is InChI=1S/C14H21N3O3/c1-4-7-15-14(19)16-9-11-5-6-13(20-3)12(8-11)17-10(2)18/h5-6,8H,4,7,9H2,1-3H3,(H,17,18)(H2,15,16,19). The zero-order chi connectivity index (χ0) is 15.0. The average Bonchev–Trinajstić information content (AvgIpc) is 2.42. The molecule has 1 rings (SSSR count). The van der Waals surface area contributed by atoms with E-state index < -0.39 is 0 Å². The third kappa shape index (κ3) is 5.17. The van der Waals surface area contributed by atoms with E-state index in [1.54, 1.807) is 12.1 Å². The molecule has 3 N–H and O–H groups in total. The van der Waals surface area contributed by atoms with Crippen LogP contribution in [0.3, 0.4) is 0 Å². The Kier molecular flexibility index (Phi) is 6.36. The van der Waals surface area contributed by atoms with Crippen molar-refractivity contribution in [1.29, 1.82) is 0 Å². The second-order valence-corrected chi connectivity index (χ2v) is 4.33. The van der Waals surface area contributed by atoms with Crippen LogP contribution in [0.2, 0.25) is 0 Å². The van der Waals surface area contributed by atoms with Crippen molar-refractivity contribution in [3.8, 4) is 5.75 Å². The summed E-state index contributed by atoms with van der Waals surface area (Å²) in [7, 11) is 1.54. The van der Waals surface area contributed by atoms with E-state index in [0.717, 1.165) is 12.0 Å². The fourth-order valence-electron chi connectivity index (χ4n) is 1.64. The Morgan fingerprint density at radius 3 is 2.60 bits per heavy atom. The summed E-state index contributed by atoms with van der Waals surface area (Å²) < 4.78 is 5.17. The number of nitrogens with one attached hydrogen (secondary N) is 3. The maximum absolute atomic E-state index is 11.4. The molecule has 6 nitrogen and oxygen atoms in total. The minimum absolute atomic E-state index is 0.172. The van der Waals surface area contributed by atoms with E-state index in [0.29, 0.717) is 24.5 Å². The zero-order valence-corrected chi connectivity index (χ0v) is 12.1. The number of urea groups is 1. The van der Waals surface area contributed by atoms with Crippen molar-refractivity contribution in [2.45, 2.75) is 26.8 Å². The van der Waals surface area contributed by atoms with Gasteiger partial charge >= 0.3 is 6.03 Å². The SMILES string of the molecule is CCCNC(=O)NCc1ccc(OC)c(NC(C)=O)c1. The van der Waals surface area contributed by atoms with Crippen molar-refractivity contribution in [3.05, 3.63) is 23.8 Å². The molecule has 1 aromatic rings. The lowest BCUT2D eigenvalue weighted by Crippen LogP contribution is -2.35. The molecule has 0 aliphatic heterocycles. The fourth-order valence-corrected chi connectivity index (χ4v) is 1.64. The Balaban J connectivity index is 2.66. The summed E-state index contributed by atoms with van der Waals surface area (Å²) >= 11 is 0. The molecule has 0 bridgehead atoms. The number of methoxy groups -OCH3 is 1. The van der Waals surface area contributed by atoms with Crippen molar-refractivity contribution in [2.24, 2.45) is 0 Å². The first kappa shape index (κ1) is 15.8. The number of anilines is 1. The first-order valence-electron chi connectivity index (χ1n) is 6.53. The number of hydrogen-bond donors (Lipinski definition) is 3. The number of benzene rings is 1. The van der Waals surface area contributed by atoms with Crippen molar-refractivity contribution < 1.29 is 14.3 Å². The number of ether oxygens (including phenoxy) is 1. The van der Waals surface area contributed by atoms with Crippen LogP contribution >= 0.6 is 0 Å². The van der Waals surface area contributed by atoms with Gasteiger partial charge in [-0.2, -0.15) is 0 Å². The second-order valence-electron chi connectivity index (χ2n) is 4.33. The first-order chi connectivity index (χ1) is 9.56. The van der Waals surface area contributed by atoms with Gasteiger partial charge in [0.2, 0.25) is 5.91 Å². The molecule has 0 aliphatic carbocycles. The summed E-state index contributed by atoms with van der Waals surface area (Å²) in [6.07, 6.45) is 0.892. The van der Waals surface area contributed by atoms with E-state index in [9.17, 15) is 9.59 Å². The molecule has 0 aliphatic rings. The molecular formula is C14H21N3O3. The highest BCUT2D eigenvalue weighted by molar-refractivity contribution is 5.90. The second kappa shape index (κ2) is 8.04. The molecule has 1 aromatic carbocycles. The van der Waals surface area contributed by atoms with Crippen LogP contribution in [0.1, 0.15) is 25.8 Å². The maximum Gasteiger partial charge on any atom is 0.315 e. The van der Waals surface area contributed by atoms with Gasteiger partial charge in [-0.25, -0.2) is 4.79 Å². The van der Waals surface area contributed by atoms with E-state index in [1.807, 2.05) is 13.0 Å². The van der Waals surface area contributed by atoms with Crippen LogP contribution in [0.5, 0.6) is 5.75 Å². The number of hydrogen-bond acceptors (Lipinski definition) is 3. The van der Waals surface area contributed by atoms with Crippen LogP contribution in [-0.4, -0.2) is 25.6 Å². The van der Waals surface area contributed by atoms with E-state index in [-0.39, 0.29) is 11.9 Å². The van der Waals surface area contributed by atoms with Crippen molar-refractivity contribution in [2.75, 3.05) is 19.0 Å². The van der Waals surface area contributed by atoms with E-state index in [2.05, 4.69) is 16.0 Å². The van der Waals surface area contributed by atoms with Crippen molar-refractivity contribution >= 4 is 17.6 Å². The summed E-state index contributed by atoms with van der Waals surface area (Å²) in [6.45, 7) is 4.45. The van der Waals surface area contributed by atoms with Crippen LogP contribution in [0, 0.1) is 0 Å². The van der Waals surface area contributed by atoms with Gasteiger partial charge in [-0.3, -0.25) is 4.79 Å². The van der Waals surface area contributed by atoms with Gasteiger partial charge in [0.15, 0.2) is 0 Å². The molecule has 0 saturated carbocycles. The van der Waals surface area contributed by atoms with Gasteiger partial charge in [0.1, 0.15) is 5.75 Å². The van der Waals surface area contributed by atoms with Gasteiger partial charge in [-0.05, 0) is 24.1 Å². The largest absolute Gasteiger partial charge is 0.495 e. The quantitative estimate of drug-likeness (QED) is 0.743. The van der Waals surface area contributed by atoms with Crippen LogP contribution in [0.25, 0.3) is 0 Å². The number of rotatable bonds is 6. The lowest BCUT2D eigenvalue weighted by molar-refractivity contribution is -0.114. The molecule has 110 valence electrons. The van der Waals surface area contributed by atoms with Crippen LogP contribution < -0.4 is 20.7 Å². The van der Waals surface area contributed by atoms with Crippen LogP contribution in [0.15, 0.2) is 18.2 Å². The van der Waals surface area contributed by atoms with Crippen molar-refractivity contribution in [1.82, 2.24) is 10.6 Å². The van der Waals surface area contributed by atoms with Gasteiger partial charge in [-0.1, -0.05) is 13.0 Å². The van der Waals surface area contributed by atoms with Crippen LogP contribution in [-0.2, 0) is 11.3 Å². The van der Waals surface area contributed by atoms with Crippen LogP contribution in [0.4, 0.5) is 10.5 Å². The fraction of sp³-hybridized carbons (Fsp3) is 0.429. The third-order valence-corrected chi connectivity index (χ3v) is 2.56. The molecule has 3 amide bonds. The Morgan fingerprint density at radius 2 is 2.00 bits per heavy atom. The summed E-state index contributed by atoms with van der Waals surface area (Å²) in [5.41, 5.74) is 1.47. The predicted octanol–water partition coefficient (Wildman–Crippen LogP) is 1.86. The minimum Gasteiger partial charge on any atom is -0.495 e. The van der Waals surface area contributed by atoms with Gasteiger partial charge in [0.05, 0.1) is 12.8 Å². The summed E-state index contributed by atoms with van der Waals surface area (Å²) in [6, 6.07) is 5.17. The highest BCUT2D eigenvalue weighted by Crippen LogP contribution is 2.25. The lowest BCUT2D eigenvalue weighted by Gasteiger charge is -2.12. The summed E-state index contributed by atoms with van der Waals surface area (Å²) in [5.74, 6) is 0.411. The monoisotopic (exact) mass is 279 g/mol. The van der Waals surface area contributed by atoms with Gasteiger partial charge in [0, 0.05) is 20.0 Å². The maximum atomic E-state index is 11.4. The summed E-state index contributed by atoms with van der Waals surface area (Å²) in [5, 5.41) is 8.17. The smallest absolute Gasteiger partial charge is 0.315 e. The molecular weight excluding hydrogens is 258 g/mol. The Bertz CT molecular complexity index is 475. The Labute approximate surface area is 118 Å². The highest BCUT2D eigenvalue weighted by Gasteiger charge is 2.07. The molecule has 0 unspecified atom stereocenters. The molecule has 0 saturated heterocycles. The summed E-state index contributed by atoms with van der Waals surface area (Å²) in [4.78, 5) is 22.6. The normalized spacial score (nSPS) is 9.75. The highest BCUT2D eigenvalue weighted by atomic mass is 16.5. The number of amides is 3. The lowest BCUT2D eigenvalue weighted by atomic mass is 10.2. The van der Waals surface area contributed by atoms with Crippen molar-refractivity contribution in [3.63, 3.8) is 0 Å². The average molecular weight is 279 g/mol. The molecule has 0 spiro atoms. The molecule has 0 heterocycles. The van der Waals surface area contributed by atoms with Gasteiger partial charge < -0.3 is 20.7 Å². The molecule has 0 atom stereocenters. The Morgan fingerprint density at radius 1 is 1.25 bits per heavy atom. The zero-order valence-electron chi connectivity index (χ0n) is 12.1. The van der Waals surface area contributed by atoms with Gasteiger partial charge in [-0.15, -0.1) is 0 Å².